The fourth-order valence-corrected chi connectivity index (χ4v) is 4.14. The van der Waals surface area contributed by atoms with Crippen LogP contribution >= 0.6 is 0 Å². The van der Waals surface area contributed by atoms with E-state index in [1.165, 1.54) is 16.4 Å². The minimum absolute atomic E-state index is 0.177. The summed E-state index contributed by atoms with van der Waals surface area (Å²) in [5.74, 6) is -0.834. The van der Waals surface area contributed by atoms with Crippen LogP contribution in [0.1, 0.15) is 19.4 Å². The lowest BCUT2D eigenvalue weighted by atomic mass is 10.1. The molecule has 0 atom stereocenters. The van der Waals surface area contributed by atoms with Crippen molar-refractivity contribution in [1.82, 2.24) is 4.31 Å². The van der Waals surface area contributed by atoms with Gasteiger partial charge in [-0.15, -0.1) is 0 Å². The first-order chi connectivity index (χ1) is 9.30. The Morgan fingerprint density at radius 2 is 2.15 bits per heavy atom. The molecule has 0 bridgehead atoms. The molecule has 2 rings (SSSR count). The number of morpholine rings is 1. The number of nitrogens with zero attached hydrogens (tertiary/aromatic N) is 2. The summed E-state index contributed by atoms with van der Waals surface area (Å²) in [6, 6.07) is 5.24. The average molecular weight is 298 g/mol. The van der Waals surface area contributed by atoms with Crippen molar-refractivity contribution in [2.75, 3.05) is 19.8 Å². The maximum Gasteiger partial charge on any atom is 0.245 e. The van der Waals surface area contributed by atoms with Crippen LogP contribution in [-0.4, -0.2) is 38.0 Å². The van der Waals surface area contributed by atoms with Crippen LogP contribution in [0.5, 0.6) is 0 Å². The number of halogens is 1. The van der Waals surface area contributed by atoms with Crippen LogP contribution in [-0.2, 0) is 14.8 Å². The molecule has 0 spiro atoms. The molecule has 1 aromatic rings. The third kappa shape index (κ3) is 2.42. The molecule has 1 aromatic carbocycles. The summed E-state index contributed by atoms with van der Waals surface area (Å²) in [6.45, 7) is 4.17. The number of rotatable bonds is 2. The number of ether oxygens (including phenoxy) is 1. The summed E-state index contributed by atoms with van der Waals surface area (Å²) < 4.78 is 45.5. The summed E-state index contributed by atoms with van der Waals surface area (Å²) in [7, 11) is -3.94. The van der Waals surface area contributed by atoms with Gasteiger partial charge in [0, 0.05) is 6.54 Å². The van der Waals surface area contributed by atoms with Gasteiger partial charge in [0.1, 0.15) is 22.3 Å². The third-order valence-corrected chi connectivity index (χ3v) is 5.38. The maximum absolute atomic E-state index is 13.6. The molecule has 0 unspecified atom stereocenters. The van der Waals surface area contributed by atoms with Crippen molar-refractivity contribution >= 4 is 10.0 Å². The Balaban J connectivity index is 2.57. The summed E-state index contributed by atoms with van der Waals surface area (Å²) in [5.41, 5.74) is -1.19. The third-order valence-electron chi connectivity index (χ3n) is 3.22. The van der Waals surface area contributed by atoms with Gasteiger partial charge in [0.05, 0.1) is 18.8 Å². The van der Waals surface area contributed by atoms with E-state index in [0.717, 1.165) is 6.07 Å². The first kappa shape index (κ1) is 14.9. The van der Waals surface area contributed by atoms with E-state index >= 15 is 0 Å². The second-order valence-corrected chi connectivity index (χ2v) is 7.00. The average Bonchev–Trinajstić information content (AvgIpc) is 2.37. The lowest BCUT2D eigenvalue weighted by Gasteiger charge is -2.40. The zero-order chi connectivity index (χ0) is 15.0. The summed E-state index contributed by atoms with van der Waals surface area (Å²) in [4.78, 5) is -0.296. The lowest BCUT2D eigenvalue weighted by molar-refractivity contribution is -0.00772. The number of nitriles is 1. The molecule has 1 fully saturated rings. The van der Waals surface area contributed by atoms with Crippen LogP contribution in [0.3, 0.4) is 0 Å². The van der Waals surface area contributed by atoms with Crippen LogP contribution in [0.25, 0.3) is 0 Å². The topological polar surface area (TPSA) is 70.4 Å². The Kier molecular flexibility index (Phi) is 3.82. The molecule has 7 heteroatoms. The minimum Gasteiger partial charge on any atom is -0.378 e. The minimum atomic E-state index is -3.94. The second-order valence-electron chi connectivity index (χ2n) is 5.17. The Hall–Kier alpha value is -1.49. The molecule has 20 heavy (non-hydrogen) atoms. The first-order valence-corrected chi connectivity index (χ1v) is 7.54. The molecule has 1 aliphatic heterocycles. The van der Waals surface area contributed by atoms with Crippen molar-refractivity contribution in [1.29, 1.82) is 5.26 Å². The van der Waals surface area contributed by atoms with E-state index in [2.05, 4.69) is 0 Å². The quantitative estimate of drug-likeness (QED) is 0.829. The highest BCUT2D eigenvalue weighted by Crippen LogP contribution is 2.29. The van der Waals surface area contributed by atoms with Crippen molar-refractivity contribution < 1.29 is 17.5 Å². The SMILES string of the molecule is CC1(C)COCCN1S(=O)(=O)c1cccc(F)c1C#N. The normalized spacial score (nSPS) is 19.5. The van der Waals surface area contributed by atoms with Gasteiger partial charge in [-0.2, -0.15) is 9.57 Å². The fraction of sp³-hybridized carbons (Fsp3) is 0.462. The predicted octanol–water partition coefficient (Wildman–Crippen LogP) is 1.50. The van der Waals surface area contributed by atoms with Crippen LogP contribution < -0.4 is 0 Å². The Labute approximate surface area is 117 Å². The van der Waals surface area contributed by atoms with E-state index in [9.17, 15) is 12.8 Å². The van der Waals surface area contributed by atoms with Gasteiger partial charge < -0.3 is 4.74 Å². The van der Waals surface area contributed by atoms with Gasteiger partial charge in [-0.05, 0) is 26.0 Å². The van der Waals surface area contributed by atoms with Gasteiger partial charge in [0.25, 0.3) is 0 Å². The molecule has 1 aliphatic rings. The Morgan fingerprint density at radius 1 is 1.45 bits per heavy atom. The zero-order valence-electron chi connectivity index (χ0n) is 11.3. The van der Waals surface area contributed by atoms with Crippen LogP contribution in [0.2, 0.25) is 0 Å². The van der Waals surface area contributed by atoms with Crippen molar-refractivity contribution in [3.8, 4) is 6.07 Å². The molecule has 108 valence electrons. The summed E-state index contributed by atoms with van der Waals surface area (Å²) >= 11 is 0. The molecule has 0 aliphatic carbocycles. The maximum atomic E-state index is 13.6. The second kappa shape index (κ2) is 5.13. The molecule has 0 saturated carbocycles. The van der Waals surface area contributed by atoms with Crippen LogP contribution in [0.4, 0.5) is 4.39 Å². The molecule has 5 nitrogen and oxygen atoms in total. The summed E-state index contributed by atoms with van der Waals surface area (Å²) in [5, 5.41) is 8.99. The highest BCUT2D eigenvalue weighted by atomic mass is 32.2. The van der Waals surface area contributed by atoms with Crippen molar-refractivity contribution in [2.45, 2.75) is 24.3 Å². The predicted molar refractivity (Wildman–Crippen MR) is 69.9 cm³/mol. The van der Waals surface area contributed by atoms with Gasteiger partial charge in [0.15, 0.2) is 0 Å². The molecular weight excluding hydrogens is 283 g/mol. The Bertz CT molecular complexity index is 665. The number of benzene rings is 1. The van der Waals surface area contributed by atoms with Gasteiger partial charge in [0.2, 0.25) is 10.0 Å². The molecule has 0 amide bonds. The lowest BCUT2D eigenvalue weighted by Crippen LogP contribution is -2.55. The molecule has 0 N–H and O–H groups in total. The molecule has 0 radical (unpaired) electrons. The highest BCUT2D eigenvalue weighted by molar-refractivity contribution is 7.89. The number of hydrogen-bond donors (Lipinski definition) is 0. The Morgan fingerprint density at radius 3 is 2.75 bits per heavy atom. The van der Waals surface area contributed by atoms with Gasteiger partial charge in [-0.1, -0.05) is 6.07 Å². The van der Waals surface area contributed by atoms with E-state index in [-0.39, 0.29) is 24.7 Å². The number of hydrogen-bond acceptors (Lipinski definition) is 4. The summed E-state index contributed by atoms with van der Waals surface area (Å²) in [6.07, 6.45) is 0. The molecule has 0 aromatic heterocycles. The van der Waals surface area contributed by atoms with Crippen molar-refractivity contribution in [3.05, 3.63) is 29.6 Å². The monoisotopic (exact) mass is 298 g/mol. The van der Waals surface area contributed by atoms with Crippen molar-refractivity contribution in [2.24, 2.45) is 0 Å². The van der Waals surface area contributed by atoms with Gasteiger partial charge in [-0.3, -0.25) is 0 Å². The highest BCUT2D eigenvalue weighted by Gasteiger charge is 2.40. The zero-order valence-corrected chi connectivity index (χ0v) is 12.1. The van der Waals surface area contributed by atoms with E-state index in [1.807, 2.05) is 0 Å². The van der Waals surface area contributed by atoms with Crippen molar-refractivity contribution in [3.63, 3.8) is 0 Å². The molecule has 1 saturated heterocycles. The smallest absolute Gasteiger partial charge is 0.245 e. The van der Waals surface area contributed by atoms with E-state index in [0.29, 0.717) is 0 Å². The standard InChI is InChI=1S/C13H15FN2O3S/c1-13(2)9-19-7-6-16(13)20(17,18)12-5-3-4-11(14)10(12)8-15/h3-5H,6-7,9H2,1-2H3. The fourth-order valence-electron chi connectivity index (χ4n) is 2.24. The van der Waals surface area contributed by atoms with Gasteiger partial charge in [-0.25, -0.2) is 12.8 Å². The van der Waals surface area contributed by atoms with E-state index in [4.69, 9.17) is 10.00 Å². The first-order valence-electron chi connectivity index (χ1n) is 6.10. The largest absolute Gasteiger partial charge is 0.378 e. The van der Waals surface area contributed by atoms with E-state index in [1.54, 1.807) is 19.9 Å². The van der Waals surface area contributed by atoms with E-state index < -0.39 is 26.9 Å². The molecular formula is C13H15FN2O3S. The van der Waals surface area contributed by atoms with Crippen LogP contribution in [0.15, 0.2) is 23.1 Å². The molecule has 1 heterocycles. The van der Waals surface area contributed by atoms with Gasteiger partial charge >= 0.3 is 0 Å². The van der Waals surface area contributed by atoms with Crippen LogP contribution in [0, 0.1) is 17.1 Å². The number of sulfonamides is 1.